The number of hydrogen-bond acceptors (Lipinski definition) is 3. The largest absolute Gasteiger partial charge is 0.394 e. The molecule has 29 heavy (non-hydrogen) atoms. The van der Waals surface area contributed by atoms with Gasteiger partial charge in [-0.3, -0.25) is 9.59 Å². The van der Waals surface area contributed by atoms with Gasteiger partial charge in [0.25, 0.3) is 0 Å². The van der Waals surface area contributed by atoms with Gasteiger partial charge < -0.3 is 14.9 Å². The first-order valence-corrected chi connectivity index (χ1v) is 9.95. The highest BCUT2D eigenvalue weighted by atomic mass is 19.1. The van der Waals surface area contributed by atoms with Crippen LogP contribution in [-0.4, -0.2) is 58.0 Å². The Labute approximate surface area is 169 Å². The van der Waals surface area contributed by atoms with Gasteiger partial charge in [-0.1, -0.05) is 43.3 Å². The number of carbonyl (C=O) groups is 2. The van der Waals surface area contributed by atoms with Crippen molar-refractivity contribution >= 4 is 11.8 Å². The van der Waals surface area contributed by atoms with E-state index in [4.69, 9.17) is 0 Å². The monoisotopic (exact) mass is 396 g/mol. The average molecular weight is 396 g/mol. The molecular formula is C23H25FN2O3. The van der Waals surface area contributed by atoms with Crippen LogP contribution in [0.25, 0.3) is 11.1 Å². The Balaban J connectivity index is 1.64. The average Bonchev–Trinajstić information content (AvgIpc) is 2.67. The van der Waals surface area contributed by atoms with Crippen LogP contribution in [0.5, 0.6) is 0 Å². The van der Waals surface area contributed by atoms with Gasteiger partial charge in [0, 0.05) is 32.4 Å². The third-order valence-corrected chi connectivity index (χ3v) is 6.36. The molecule has 2 aliphatic rings. The minimum absolute atomic E-state index is 0.00243. The Morgan fingerprint density at radius 2 is 1.62 bits per heavy atom. The van der Waals surface area contributed by atoms with Crippen LogP contribution in [0.1, 0.15) is 31.7 Å². The molecule has 5 nitrogen and oxygen atoms in total. The van der Waals surface area contributed by atoms with E-state index in [2.05, 4.69) is 0 Å². The van der Waals surface area contributed by atoms with E-state index >= 15 is 0 Å². The highest BCUT2D eigenvalue weighted by Gasteiger charge is 2.67. The normalized spacial score (nSPS) is 22.2. The number of likely N-dealkylation sites (tertiary alicyclic amines) is 2. The number of nitrogens with zero attached hydrogens (tertiary/aromatic N) is 2. The molecule has 152 valence electrons. The summed E-state index contributed by atoms with van der Waals surface area (Å²) < 4.78 is 13.2. The van der Waals surface area contributed by atoms with Gasteiger partial charge in [-0.05, 0) is 28.8 Å². The molecule has 2 saturated heterocycles. The van der Waals surface area contributed by atoms with E-state index in [1.54, 1.807) is 21.9 Å². The van der Waals surface area contributed by atoms with E-state index in [-0.39, 0.29) is 36.2 Å². The van der Waals surface area contributed by atoms with Crippen LogP contribution in [-0.2, 0) is 9.59 Å². The maximum absolute atomic E-state index is 13.2. The summed E-state index contributed by atoms with van der Waals surface area (Å²) in [6.07, 6.45) is 0.370. The van der Waals surface area contributed by atoms with Gasteiger partial charge in [0.2, 0.25) is 11.8 Å². The summed E-state index contributed by atoms with van der Waals surface area (Å²) in [7, 11) is 0. The van der Waals surface area contributed by atoms with Crippen LogP contribution in [0.15, 0.2) is 48.5 Å². The molecule has 2 heterocycles. The van der Waals surface area contributed by atoms with Crippen LogP contribution in [0.3, 0.4) is 0 Å². The van der Waals surface area contributed by atoms with Gasteiger partial charge in [-0.15, -0.1) is 0 Å². The molecule has 0 aliphatic carbocycles. The predicted octanol–water partition coefficient (Wildman–Crippen LogP) is 2.79. The molecule has 0 bridgehead atoms. The third-order valence-electron chi connectivity index (χ3n) is 6.36. The summed E-state index contributed by atoms with van der Waals surface area (Å²) in [5.41, 5.74) is 2.50. The maximum atomic E-state index is 13.2. The first kappa shape index (κ1) is 19.6. The number of aliphatic hydroxyl groups excluding tert-OH is 1. The summed E-state index contributed by atoms with van der Waals surface area (Å²) >= 11 is 0. The van der Waals surface area contributed by atoms with Gasteiger partial charge in [0.1, 0.15) is 5.82 Å². The van der Waals surface area contributed by atoms with Crippen LogP contribution in [0, 0.1) is 5.82 Å². The molecule has 2 aromatic carbocycles. The topological polar surface area (TPSA) is 60.9 Å². The molecule has 2 aromatic rings. The summed E-state index contributed by atoms with van der Waals surface area (Å²) in [5, 5.41) is 10.0. The van der Waals surface area contributed by atoms with Crippen molar-refractivity contribution in [3.8, 4) is 11.1 Å². The summed E-state index contributed by atoms with van der Waals surface area (Å²) in [6.45, 7) is 4.23. The van der Waals surface area contributed by atoms with Crippen molar-refractivity contribution in [1.29, 1.82) is 0 Å². The van der Waals surface area contributed by atoms with Gasteiger partial charge in [0.05, 0.1) is 18.2 Å². The van der Waals surface area contributed by atoms with Crippen LogP contribution in [0.2, 0.25) is 0 Å². The van der Waals surface area contributed by atoms with Gasteiger partial charge in [-0.2, -0.15) is 0 Å². The lowest BCUT2D eigenvalue weighted by atomic mass is 9.60. The molecule has 1 N–H and O–H groups in total. The van der Waals surface area contributed by atoms with E-state index < -0.39 is 5.54 Å². The Morgan fingerprint density at radius 1 is 1.07 bits per heavy atom. The first-order chi connectivity index (χ1) is 13.9. The number of aliphatic hydroxyl groups is 1. The highest BCUT2D eigenvalue weighted by molar-refractivity contribution is 5.82. The van der Waals surface area contributed by atoms with E-state index in [0.29, 0.717) is 19.5 Å². The quantitative estimate of drug-likeness (QED) is 0.865. The SMILES string of the molecule is CCC(=O)N1[C@H](CO)[C@H](c2ccc(-c3ccc(F)cc3)cc2)C12CN(C(C)=O)C2. The molecule has 0 saturated carbocycles. The van der Waals surface area contributed by atoms with Crippen molar-refractivity contribution in [3.05, 3.63) is 59.9 Å². The first-order valence-electron chi connectivity index (χ1n) is 9.95. The number of carbonyl (C=O) groups excluding carboxylic acids is 2. The van der Waals surface area contributed by atoms with Crippen LogP contribution in [0.4, 0.5) is 4.39 Å². The lowest BCUT2D eigenvalue weighted by Crippen LogP contribution is -2.85. The zero-order valence-electron chi connectivity index (χ0n) is 16.6. The molecule has 2 atom stereocenters. The molecule has 0 aromatic heterocycles. The van der Waals surface area contributed by atoms with E-state index in [1.165, 1.54) is 19.1 Å². The Kier molecular flexibility index (Phi) is 4.90. The summed E-state index contributed by atoms with van der Waals surface area (Å²) in [6, 6.07) is 14.1. The Bertz CT molecular complexity index is 920. The zero-order chi connectivity index (χ0) is 20.8. The molecule has 2 amide bonds. The van der Waals surface area contributed by atoms with E-state index in [1.807, 2.05) is 31.2 Å². The zero-order valence-corrected chi connectivity index (χ0v) is 16.6. The maximum Gasteiger partial charge on any atom is 0.223 e. The summed E-state index contributed by atoms with van der Waals surface area (Å²) in [5.74, 6) is -0.294. The van der Waals surface area contributed by atoms with Crippen LogP contribution >= 0.6 is 0 Å². The molecular weight excluding hydrogens is 371 g/mol. The molecule has 2 fully saturated rings. The lowest BCUT2D eigenvalue weighted by Gasteiger charge is -2.70. The molecule has 1 spiro atoms. The summed E-state index contributed by atoms with van der Waals surface area (Å²) in [4.78, 5) is 27.9. The molecule has 0 unspecified atom stereocenters. The second-order valence-electron chi connectivity index (χ2n) is 7.95. The Hall–Kier alpha value is -2.73. The molecule has 2 aliphatic heterocycles. The van der Waals surface area contributed by atoms with E-state index in [9.17, 15) is 19.1 Å². The highest BCUT2D eigenvalue weighted by Crippen LogP contribution is 2.54. The minimum Gasteiger partial charge on any atom is -0.394 e. The second-order valence-corrected chi connectivity index (χ2v) is 7.95. The number of halogens is 1. The standard InChI is InChI=1S/C23H25FN2O3/c1-3-21(29)26-20(12-27)22(23(26)13-25(14-23)15(2)28)18-6-4-16(5-7-18)17-8-10-19(24)11-9-17/h4-11,20,22,27H,3,12-14H2,1-2H3/t20-,22+/m1/s1. The molecule has 4 rings (SSSR count). The van der Waals surface area contributed by atoms with Crippen molar-refractivity contribution in [3.63, 3.8) is 0 Å². The number of hydrogen-bond donors (Lipinski definition) is 1. The van der Waals surface area contributed by atoms with Crippen molar-refractivity contribution < 1.29 is 19.1 Å². The fourth-order valence-electron chi connectivity index (χ4n) is 4.94. The third kappa shape index (κ3) is 3.02. The fraction of sp³-hybridized carbons (Fsp3) is 0.391. The van der Waals surface area contributed by atoms with E-state index in [0.717, 1.165) is 16.7 Å². The van der Waals surface area contributed by atoms with Crippen LogP contribution < -0.4 is 0 Å². The van der Waals surface area contributed by atoms with Crippen molar-refractivity contribution in [2.75, 3.05) is 19.7 Å². The van der Waals surface area contributed by atoms with Gasteiger partial charge in [0.15, 0.2) is 0 Å². The van der Waals surface area contributed by atoms with Crippen molar-refractivity contribution in [2.45, 2.75) is 37.8 Å². The second kappa shape index (κ2) is 7.26. The molecule has 6 heteroatoms. The number of rotatable bonds is 4. The lowest BCUT2D eigenvalue weighted by molar-refractivity contribution is -0.202. The molecule has 0 radical (unpaired) electrons. The number of amides is 2. The predicted molar refractivity (Wildman–Crippen MR) is 108 cm³/mol. The smallest absolute Gasteiger partial charge is 0.223 e. The van der Waals surface area contributed by atoms with Crippen molar-refractivity contribution in [2.24, 2.45) is 0 Å². The van der Waals surface area contributed by atoms with Gasteiger partial charge in [-0.25, -0.2) is 4.39 Å². The minimum atomic E-state index is -0.441. The van der Waals surface area contributed by atoms with Gasteiger partial charge >= 0.3 is 0 Å². The fourth-order valence-corrected chi connectivity index (χ4v) is 4.94. The van der Waals surface area contributed by atoms with Crippen molar-refractivity contribution in [1.82, 2.24) is 9.80 Å². The Morgan fingerprint density at radius 3 is 2.10 bits per heavy atom. The number of benzene rings is 2.